The van der Waals surface area contributed by atoms with E-state index in [2.05, 4.69) is 18.2 Å². The summed E-state index contributed by atoms with van der Waals surface area (Å²) in [5.41, 5.74) is 9.07. The van der Waals surface area contributed by atoms with Crippen LogP contribution in [0.2, 0.25) is 5.02 Å². The van der Waals surface area contributed by atoms with Crippen LogP contribution in [0.15, 0.2) is 48.5 Å². The molecule has 0 fully saturated rings. The van der Waals surface area contributed by atoms with Gasteiger partial charge in [0.1, 0.15) is 0 Å². The Bertz CT molecular complexity index is 465. The second-order valence-electron chi connectivity index (χ2n) is 3.71. The van der Waals surface area contributed by atoms with Crippen LogP contribution in [0.1, 0.15) is 5.56 Å². The Morgan fingerprint density at radius 1 is 0.938 bits per heavy atom. The number of halogens is 1. The lowest BCUT2D eigenvalue weighted by Gasteiger charge is -2.06. The van der Waals surface area contributed by atoms with Gasteiger partial charge in [-0.1, -0.05) is 48.0 Å². The summed E-state index contributed by atoms with van der Waals surface area (Å²) in [7, 11) is 0. The SMILES string of the molecule is NCCc1cc(-c2ccccc2)ccc1Cl. The highest BCUT2D eigenvalue weighted by Crippen LogP contribution is 2.25. The fraction of sp³-hybridized carbons (Fsp3) is 0.143. The fourth-order valence-corrected chi connectivity index (χ4v) is 1.94. The molecule has 0 spiro atoms. The maximum absolute atomic E-state index is 6.11. The molecule has 0 aromatic heterocycles. The molecule has 0 atom stereocenters. The van der Waals surface area contributed by atoms with Gasteiger partial charge in [-0.25, -0.2) is 0 Å². The first-order valence-corrected chi connectivity index (χ1v) is 5.73. The van der Waals surface area contributed by atoms with Crippen molar-refractivity contribution in [3.8, 4) is 11.1 Å². The van der Waals surface area contributed by atoms with E-state index in [1.807, 2.05) is 30.3 Å². The normalized spacial score (nSPS) is 10.4. The second-order valence-corrected chi connectivity index (χ2v) is 4.12. The molecule has 82 valence electrons. The van der Waals surface area contributed by atoms with Crippen LogP contribution in [0.4, 0.5) is 0 Å². The van der Waals surface area contributed by atoms with Gasteiger partial charge < -0.3 is 5.73 Å². The molecule has 0 aliphatic carbocycles. The van der Waals surface area contributed by atoms with Crippen molar-refractivity contribution in [3.63, 3.8) is 0 Å². The Morgan fingerprint density at radius 2 is 1.69 bits per heavy atom. The molecule has 0 aliphatic heterocycles. The van der Waals surface area contributed by atoms with Crippen LogP contribution in [0.5, 0.6) is 0 Å². The Labute approximate surface area is 101 Å². The minimum Gasteiger partial charge on any atom is -0.330 e. The van der Waals surface area contributed by atoms with Crippen LogP contribution in [0, 0.1) is 0 Å². The Balaban J connectivity index is 2.40. The first kappa shape index (κ1) is 11.2. The molecule has 2 aromatic carbocycles. The van der Waals surface area contributed by atoms with E-state index in [9.17, 15) is 0 Å². The van der Waals surface area contributed by atoms with Gasteiger partial charge in [0.15, 0.2) is 0 Å². The highest BCUT2D eigenvalue weighted by atomic mass is 35.5. The van der Waals surface area contributed by atoms with E-state index in [4.69, 9.17) is 17.3 Å². The first-order valence-electron chi connectivity index (χ1n) is 5.35. The van der Waals surface area contributed by atoms with Gasteiger partial charge >= 0.3 is 0 Å². The average Bonchev–Trinajstić information content (AvgIpc) is 2.33. The number of hydrogen-bond acceptors (Lipinski definition) is 1. The van der Waals surface area contributed by atoms with E-state index >= 15 is 0 Å². The van der Waals surface area contributed by atoms with Crippen LogP contribution in [-0.4, -0.2) is 6.54 Å². The van der Waals surface area contributed by atoms with Gasteiger partial charge in [-0.15, -0.1) is 0 Å². The highest BCUT2D eigenvalue weighted by Gasteiger charge is 2.02. The smallest absolute Gasteiger partial charge is 0.0438 e. The van der Waals surface area contributed by atoms with Gasteiger partial charge in [0.25, 0.3) is 0 Å². The molecule has 0 saturated heterocycles. The van der Waals surface area contributed by atoms with Crippen molar-refractivity contribution in [2.75, 3.05) is 6.54 Å². The first-order chi connectivity index (χ1) is 7.81. The zero-order valence-electron chi connectivity index (χ0n) is 8.99. The van der Waals surface area contributed by atoms with Gasteiger partial charge in [0.05, 0.1) is 0 Å². The molecule has 0 radical (unpaired) electrons. The Morgan fingerprint density at radius 3 is 2.38 bits per heavy atom. The molecule has 16 heavy (non-hydrogen) atoms. The van der Waals surface area contributed by atoms with Gasteiger partial charge in [-0.05, 0) is 41.8 Å². The third-order valence-corrected chi connectivity index (χ3v) is 2.94. The van der Waals surface area contributed by atoms with E-state index in [1.54, 1.807) is 0 Å². The van der Waals surface area contributed by atoms with Crippen molar-refractivity contribution < 1.29 is 0 Å². The number of nitrogens with two attached hydrogens (primary N) is 1. The van der Waals surface area contributed by atoms with Crippen molar-refractivity contribution in [2.45, 2.75) is 6.42 Å². The molecule has 0 bridgehead atoms. The van der Waals surface area contributed by atoms with E-state index in [1.165, 1.54) is 11.1 Å². The number of hydrogen-bond donors (Lipinski definition) is 1. The van der Waals surface area contributed by atoms with Gasteiger partial charge in [-0.2, -0.15) is 0 Å². The molecular formula is C14H14ClN. The summed E-state index contributed by atoms with van der Waals surface area (Å²) >= 11 is 6.11. The van der Waals surface area contributed by atoms with Crippen molar-refractivity contribution in [1.82, 2.24) is 0 Å². The second kappa shape index (κ2) is 5.15. The lowest BCUT2D eigenvalue weighted by atomic mass is 10.0. The fourth-order valence-electron chi connectivity index (χ4n) is 1.73. The molecule has 2 aromatic rings. The molecular weight excluding hydrogens is 218 g/mol. The lowest BCUT2D eigenvalue weighted by Crippen LogP contribution is -2.03. The third kappa shape index (κ3) is 2.43. The zero-order valence-corrected chi connectivity index (χ0v) is 9.74. The molecule has 0 heterocycles. The summed E-state index contributed by atoms with van der Waals surface area (Å²) in [6, 6.07) is 16.4. The molecule has 2 heteroatoms. The van der Waals surface area contributed by atoms with E-state index in [0.29, 0.717) is 6.54 Å². The quantitative estimate of drug-likeness (QED) is 0.860. The van der Waals surface area contributed by atoms with E-state index in [-0.39, 0.29) is 0 Å². The van der Waals surface area contributed by atoms with Gasteiger partial charge in [0.2, 0.25) is 0 Å². The number of rotatable bonds is 3. The lowest BCUT2D eigenvalue weighted by molar-refractivity contribution is 0.969. The summed E-state index contributed by atoms with van der Waals surface area (Å²) in [4.78, 5) is 0. The van der Waals surface area contributed by atoms with Crippen molar-refractivity contribution in [2.24, 2.45) is 5.73 Å². The van der Waals surface area contributed by atoms with Gasteiger partial charge in [0, 0.05) is 5.02 Å². The zero-order chi connectivity index (χ0) is 11.4. The van der Waals surface area contributed by atoms with Crippen LogP contribution in [0.25, 0.3) is 11.1 Å². The maximum atomic E-state index is 6.11. The van der Waals surface area contributed by atoms with Gasteiger partial charge in [-0.3, -0.25) is 0 Å². The Hall–Kier alpha value is -1.31. The molecule has 2 N–H and O–H groups in total. The van der Waals surface area contributed by atoms with Crippen molar-refractivity contribution >= 4 is 11.6 Å². The molecule has 0 unspecified atom stereocenters. The van der Waals surface area contributed by atoms with Crippen LogP contribution < -0.4 is 5.73 Å². The molecule has 1 nitrogen and oxygen atoms in total. The Kier molecular flexibility index (Phi) is 3.60. The largest absolute Gasteiger partial charge is 0.330 e. The van der Waals surface area contributed by atoms with E-state index in [0.717, 1.165) is 17.0 Å². The predicted octanol–water partition coefficient (Wildman–Crippen LogP) is 3.51. The summed E-state index contributed by atoms with van der Waals surface area (Å²) < 4.78 is 0. The molecule has 0 aliphatic rings. The summed E-state index contributed by atoms with van der Waals surface area (Å²) in [6.45, 7) is 0.623. The van der Waals surface area contributed by atoms with Crippen molar-refractivity contribution in [3.05, 3.63) is 59.1 Å². The topological polar surface area (TPSA) is 26.0 Å². The van der Waals surface area contributed by atoms with Crippen molar-refractivity contribution in [1.29, 1.82) is 0 Å². The monoisotopic (exact) mass is 231 g/mol. The predicted molar refractivity (Wildman–Crippen MR) is 69.6 cm³/mol. The summed E-state index contributed by atoms with van der Waals surface area (Å²) in [5, 5.41) is 0.796. The average molecular weight is 232 g/mol. The minimum atomic E-state index is 0.623. The molecule has 0 saturated carbocycles. The van der Waals surface area contributed by atoms with Crippen LogP contribution in [-0.2, 0) is 6.42 Å². The molecule has 2 rings (SSSR count). The summed E-state index contributed by atoms with van der Waals surface area (Å²) in [5.74, 6) is 0. The van der Waals surface area contributed by atoms with Crippen LogP contribution in [0.3, 0.4) is 0 Å². The number of benzene rings is 2. The standard InChI is InChI=1S/C14H14ClN/c15-14-7-6-12(10-13(14)8-9-16)11-4-2-1-3-5-11/h1-7,10H,8-9,16H2. The summed E-state index contributed by atoms with van der Waals surface area (Å²) in [6.07, 6.45) is 0.819. The third-order valence-electron chi connectivity index (χ3n) is 2.57. The highest BCUT2D eigenvalue weighted by molar-refractivity contribution is 6.31. The van der Waals surface area contributed by atoms with E-state index < -0.39 is 0 Å². The van der Waals surface area contributed by atoms with Crippen LogP contribution >= 0.6 is 11.6 Å². The minimum absolute atomic E-state index is 0.623. The maximum Gasteiger partial charge on any atom is 0.0438 e. The molecule has 0 amide bonds.